The van der Waals surface area contributed by atoms with Crippen LogP contribution in [0.1, 0.15) is 58.8 Å². The van der Waals surface area contributed by atoms with Gasteiger partial charge in [-0.15, -0.1) is 0 Å². The molecule has 0 aliphatic rings. The predicted molar refractivity (Wildman–Crippen MR) is 264 cm³/mol. The molecule has 0 bridgehead atoms. The van der Waals surface area contributed by atoms with Gasteiger partial charge in [-0.25, -0.2) is 14.8 Å². The van der Waals surface area contributed by atoms with E-state index in [0.29, 0.717) is 97.3 Å². The van der Waals surface area contributed by atoms with Crippen molar-refractivity contribution in [3.63, 3.8) is 0 Å². The molecule has 0 aliphatic carbocycles. The number of pyridine rings is 2. The highest BCUT2D eigenvalue weighted by Crippen LogP contribution is 2.26. The molecule has 2 aromatic carbocycles. The molecule has 0 N–H and O–H groups in total. The highest BCUT2D eigenvalue weighted by atomic mass is 32.2. The second-order valence-corrected chi connectivity index (χ2v) is 18.7. The van der Waals surface area contributed by atoms with Crippen molar-refractivity contribution >= 4 is 61.6 Å². The van der Waals surface area contributed by atoms with E-state index in [2.05, 4.69) is 19.9 Å². The standard InChI is InChI=1S/C49H62N8O11S2/c1-7-54(31-45(58)56-41-17-11-9-15-37(41)52-47(56)69(61)33-39-35(3)43(19-21-50-39)65-27-13-25-63-5)23-29-67-49(60)68-30-24-55(8-2)32-46(59)57-42-18-12-10-16-38(42)53-48(57)70(62)34-40-36(4)44(20-22-51-40)66-28-14-26-64-6/h9-12,15-22H,7-8,13-14,23-34H2,1-6H3. The summed E-state index contributed by atoms with van der Waals surface area (Å²) in [6.45, 7) is 10.6. The fraction of sp³-hybridized carbons (Fsp3) is 0.449. The predicted octanol–water partition coefficient (Wildman–Crippen LogP) is 6.02. The number of fused-ring (bicyclic) bond motifs is 2. The van der Waals surface area contributed by atoms with E-state index in [9.17, 15) is 22.8 Å². The van der Waals surface area contributed by atoms with Gasteiger partial charge >= 0.3 is 6.16 Å². The molecule has 4 aromatic heterocycles. The molecule has 21 heteroatoms. The number of ether oxygens (including phenoxy) is 6. The van der Waals surface area contributed by atoms with Crippen LogP contribution in [0.2, 0.25) is 0 Å². The number of nitrogens with zero attached hydrogens (tertiary/aromatic N) is 8. The van der Waals surface area contributed by atoms with Gasteiger partial charge in [0.25, 0.3) is 0 Å². The lowest BCUT2D eigenvalue weighted by Gasteiger charge is -2.21. The normalized spacial score (nSPS) is 12.5. The first-order chi connectivity index (χ1) is 34.0. The van der Waals surface area contributed by atoms with Crippen molar-refractivity contribution < 1.29 is 51.2 Å². The van der Waals surface area contributed by atoms with Crippen LogP contribution in [-0.4, -0.2) is 158 Å². The Morgan fingerprint density at radius 3 is 1.40 bits per heavy atom. The molecular formula is C49H62N8O11S2. The number of methoxy groups -OCH3 is 2. The maximum absolute atomic E-state index is 14.0. The summed E-state index contributed by atoms with van der Waals surface area (Å²) in [5.41, 5.74) is 4.74. The highest BCUT2D eigenvalue weighted by molar-refractivity contribution is 7.84. The third kappa shape index (κ3) is 14.1. The van der Waals surface area contributed by atoms with Gasteiger partial charge in [-0.05, 0) is 63.3 Å². The monoisotopic (exact) mass is 1000 g/mol. The van der Waals surface area contributed by atoms with E-state index in [4.69, 9.17) is 28.4 Å². The SMILES string of the molecule is CCN(CCOC(=O)OCCN(CC)CC(=O)n1c(S(=O)Cc2nccc(OCCCOC)c2C)nc2ccccc21)CC(=O)n1c(S(=O)Cc2nccc(OCCCOC)c2C)nc2ccccc21. The Morgan fingerprint density at radius 2 is 1.00 bits per heavy atom. The molecule has 6 aromatic rings. The van der Waals surface area contributed by atoms with E-state index in [-0.39, 0.29) is 73.0 Å². The molecular weight excluding hydrogens is 941 g/mol. The van der Waals surface area contributed by atoms with Gasteiger partial charge in [-0.1, -0.05) is 38.1 Å². The van der Waals surface area contributed by atoms with Crippen LogP contribution < -0.4 is 9.47 Å². The number of hydrogen-bond donors (Lipinski definition) is 0. The van der Waals surface area contributed by atoms with Crippen LogP contribution in [0.25, 0.3) is 22.1 Å². The topological polar surface area (TPSA) is 209 Å². The Labute approximate surface area is 412 Å². The molecule has 0 saturated carbocycles. The number of imidazole rings is 2. The van der Waals surface area contributed by atoms with Gasteiger partial charge in [-0.3, -0.25) is 46.9 Å². The van der Waals surface area contributed by atoms with E-state index in [1.165, 1.54) is 9.13 Å². The Morgan fingerprint density at radius 1 is 0.586 bits per heavy atom. The molecule has 0 radical (unpaired) electrons. The van der Waals surface area contributed by atoms with Crippen LogP contribution in [0, 0.1) is 13.8 Å². The number of benzene rings is 2. The number of para-hydroxylation sites is 4. The number of carbonyl (C=O) groups is 3. The van der Waals surface area contributed by atoms with Crippen LogP contribution in [0.5, 0.6) is 11.5 Å². The van der Waals surface area contributed by atoms with Crippen molar-refractivity contribution in [2.75, 3.05) is 93.1 Å². The Hall–Kier alpha value is -5.97. The lowest BCUT2D eigenvalue weighted by atomic mass is 10.2. The summed E-state index contributed by atoms with van der Waals surface area (Å²) in [7, 11) is -0.235. The second-order valence-electron chi connectivity index (χ2n) is 16.0. The van der Waals surface area contributed by atoms with Gasteiger partial charge in [-0.2, -0.15) is 0 Å². The van der Waals surface area contributed by atoms with Crippen molar-refractivity contribution in [3.8, 4) is 11.5 Å². The molecule has 0 saturated heterocycles. The van der Waals surface area contributed by atoms with Crippen LogP contribution in [0.3, 0.4) is 0 Å². The number of carbonyl (C=O) groups excluding carboxylic acids is 3. The summed E-state index contributed by atoms with van der Waals surface area (Å²) < 4.78 is 63.6. The fourth-order valence-corrected chi connectivity index (χ4v) is 9.99. The van der Waals surface area contributed by atoms with Gasteiger partial charge in [0.2, 0.25) is 22.1 Å². The van der Waals surface area contributed by atoms with Crippen molar-refractivity contribution in [2.45, 2.75) is 62.4 Å². The maximum atomic E-state index is 14.0. The molecule has 376 valence electrons. The first-order valence-corrected chi connectivity index (χ1v) is 25.8. The Balaban J connectivity index is 1.01. The molecule has 19 nitrogen and oxygen atoms in total. The van der Waals surface area contributed by atoms with Crippen LogP contribution in [-0.2, 0) is 52.1 Å². The van der Waals surface area contributed by atoms with E-state index in [0.717, 1.165) is 11.1 Å². The van der Waals surface area contributed by atoms with E-state index in [1.54, 1.807) is 97.1 Å². The third-order valence-electron chi connectivity index (χ3n) is 11.4. The Kier molecular flexibility index (Phi) is 20.5. The van der Waals surface area contributed by atoms with E-state index < -0.39 is 27.8 Å². The van der Waals surface area contributed by atoms with E-state index >= 15 is 0 Å². The molecule has 6 rings (SSSR count). The fourth-order valence-electron chi connectivity index (χ4n) is 7.44. The second kappa shape index (κ2) is 26.9. The smallest absolute Gasteiger partial charge is 0.493 e. The minimum atomic E-state index is -1.75. The zero-order chi connectivity index (χ0) is 50.0. The zero-order valence-electron chi connectivity index (χ0n) is 40.6. The van der Waals surface area contributed by atoms with Gasteiger partial charge in [0, 0.05) is 76.9 Å². The molecule has 0 amide bonds. The average molecular weight is 1000 g/mol. The minimum absolute atomic E-state index is 0.0176. The quantitative estimate of drug-likeness (QED) is 0.0407. The highest BCUT2D eigenvalue weighted by Gasteiger charge is 2.26. The van der Waals surface area contributed by atoms with Crippen molar-refractivity contribution in [3.05, 3.63) is 95.6 Å². The molecule has 0 aliphatic heterocycles. The van der Waals surface area contributed by atoms with Gasteiger partial charge < -0.3 is 28.4 Å². The number of hydrogen-bond acceptors (Lipinski definition) is 17. The summed E-state index contributed by atoms with van der Waals surface area (Å²) in [6.07, 6.45) is 3.74. The lowest BCUT2D eigenvalue weighted by molar-refractivity contribution is 0.0415. The molecule has 2 unspecified atom stereocenters. The summed E-state index contributed by atoms with van der Waals surface area (Å²) in [5.74, 6) is 0.602. The largest absolute Gasteiger partial charge is 0.508 e. The summed E-state index contributed by atoms with van der Waals surface area (Å²) in [5, 5.41) is 0.216. The first kappa shape index (κ1) is 53.4. The zero-order valence-corrected chi connectivity index (χ0v) is 42.3. The van der Waals surface area contributed by atoms with Gasteiger partial charge in [0.15, 0.2) is 0 Å². The molecule has 70 heavy (non-hydrogen) atoms. The van der Waals surface area contributed by atoms with E-state index in [1.807, 2.05) is 27.7 Å². The summed E-state index contributed by atoms with van der Waals surface area (Å²) in [4.78, 5) is 62.5. The molecule has 0 fully saturated rings. The number of aromatic nitrogens is 6. The van der Waals surface area contributed by atoms with Crippen LogP contribution in [0.15, 0.2) is 83.4 Å². The van der Waals surface area contributed by atoms with Crippen molar-refractivity contribution in [2.24, 2.45) is 0 Å². The first-order valence-electron chi connectivity index (χ1n) is 23.1. The minimum Gasteiger partial charge on any atom is -0.493 e. The summed E-state index contributed by atoms with van der Waals surface area (Å²) >= 11 is 0. The van der Waals surface area contributed by atoms with Crippen LogP contribution in [0.4, 0.5) is 4.79 Å². The lowest BCUT2D eigenvalue weighted by Crippen LogP contribution is -2.36. The number of likely N-dealkylation sites (N-methyl/N-ethyl adjacent to an activating group) is 2. The number of rotatable bonds is 28. The van der Waals surface area contributed by atoms with Gasteiger partial charge in [0.1, 0.15) is 24.7 Å². The average Bonchev–Trinajstić information content (AvgIpc) is 3.96. The Bertz CT molecular complexity index is 2580. The van der Waals surface area contributed by atoms with Gasteiger partial charge in [0.05, 0.1) is 92.9 Å². The summed E-state index contributed by atoms with van der Waals surface area (Å²) in [6, 6.07) is 17.7. The van der Waals surface area contributed by atoms with Crippen LogP contribution >= 0.6 is 0 Å². The molecule has 2 atom stereocenters. The molecule has 0 spiro atoms. The maximum Gasteiger partial charge on any atom is 0.508 e. The molecule has 4 heterocycles. The third-order valence-corrected chi connectivity index (χ3v) is 13.8. The van der Waals surface area contributed by atoms with Crippen molar-refractivity contribution in [1.29, 1.82) is 0 Å². The van der Waals surface area contributed by atoms with Crippen molar-refractivity contribution in [1.82, 2.24) is 38.9 Å².